The highest BCUT2D eigenvalue weighted by Gasteiger charge is 2.23. The standard InChI is InChI=1S/C34H30BrN3O8/c1-41-24-14-12-22(35)29-28(20-9-7-6-8-10-20)31(37-30(24)29)33(39)38-36-18-19-11-13-23(25(15-19)42-2)46-34(40)21-16-26(43-3)32(45-5)27(17-21)44-4/h6-18,37H,1-5H3,(H,38,39). The number of amides is 1. The van der Waals surface area contributed by atoms with E-state index in [-0.39, 0.29) is 17.1 Å². The number of aromatic amines is 1. The second-order valence-corrected chi connectivity index (χ2v) is 10.5. The van der Waals surface area contributed by atoms with Crippen LogP contribution in [0.4, 0.5) is 0 Å². The van der Waals surface area contributed by atoms with Crippen LogP contribution in [0, 0.1) is 0 Å². The lowest BCUT2D eigenvalue weighted by Gasteiger charge is -2.14. The van der Waals surface area contributed by atoms with Crippen molar-refractivity contribution in [2.45, 2.75) is 0 Å². The van der Waals surface area contributed by atoms with Gasteiger partial charge >= 0.3 is 5.97 Å². The molecule has 12 heteroatoms. The van der Waals surface area contributed by atoms with E-state index in [1.165, 1.54) is 46.8 Å². The van der Waals surface area contributed by atoms with Gasteiger partial charge in [0.15, 0.2) is 23.0 Å². The molecular weight excluding hydrogens is 658 g/mol. The first kappa shape index (κ1) is 31.9. The predicted molar refractivity (Wildman–Crippen MR) is 177 cm³/mol. The van der Waals surface area contributed by atoms with E-state index in [1.807, 2.05) is 42.5 Å². The number of nitrogens with one attached hydrogen (secondary N) is 2. The van der Waals surface area contributed by atoms with Crippen molar-refractivity contribution in [3.63, 3.8) is 0 Å². The third-order valence-corrected chi connectivity index (χ3v) is 7.71. The Morgan fingerprint density at radius 1 is 0.761 bits per heavy atom. The fourth-order valence-corrected chi connectivity index (χ4v) is 5.43. The Morgan fingerprint density at radius 3 is 2.04 bits per heavy atom. The van der Waals surface area contributed by atoms with E-state index < -0.39 is 11.9 Å². The molecule has 1 amide bonds. The lowest BCUT2D eigenvalue weighted by molar-refractivity contribution is 0.0728. The van der Waals surface area contributed by atoms with Gasteiger partial charge in [-0.3, -0.25) is 4.79 Å². The number of carbonyl (C=O) groups excluding carboxylic acids is 2. The maximum Gasteiger partial charge on any atom is 0.343 e. The second-order valence-electron chi connectivity index (χ2n) is 9.65. The maximum absolute atomic E-state index is 13.5. The van der Waals surface area contributed by atoms with Gasteiger partial charge in [0.1, 0.15) is 11.4 Å². The van der Waals surface area contributed by atoms with Crippen molar-refractivity contribution in [2.24, 2.45) is 5.10 Å². The number of hydrogen-bond donors (Lipinski definition) is 2. The Bertz CT molecular complexity index is 1910. The number of hydrazone groups is 1. The van der Waals surface area contributed by atoms with Crippen molar-refractivity contribution in [2.75, 3.05) is 35.5 Å². The fraction of sp³-hybridized carbons (Fsp3) is 0.147. The summed E-state index contributed by atoms with van der Waals surface area (Å²) in [6.07, 6.45) is 1.45. The number of fused-ring (bicyclic) bond motifs is 1. The van der Waals surface area contributed by atoms with Gasteiger partial charge in [0.25, 0.3) is 5.91 Å². The van der Waals surface area contributed by atoms with Crippen molar-refractivity contribution in [3.8, 4) is 45.6 Å². The van der Waals surface area contributed by atoms with Gasteiger partial charge < -0.3 is 33.4 Å². The molecule has 4 aromatic carbocycles. The van der Waals surface area contributed by atoms with Crippen LogP contribution in [0.5, 0.6) is 34.5 Å². The summed E-state index contributed by atoms with van der Waals surface area (Å²) in [4.78, 5) is 29.7. The molecule has 0 fully saturated rings. The number of methoxy groups -OCH3 is 5. The number of benzene rings is 4. The highest BCUT2D eigenvalue weighted by Crippen LogP contribution is 2.41. The molecule has 1 aromatic heterocycles. The largest absolute Gasteiger partial charge is 0.495 e. The monoisotopic (exact) mass is 687 g/mol. The lowest BCUT2D eigenvalue weighted by Crippen LogP contribution is -2.19. The summed E-state index contributed by atoms with van der Waals surface area (Å²) < 4.78 is 33.4. The molecule has 5 aromatic rings. The number of rotatable bonds is 11. The molecule has 0 saturated heterocycles. The zero-order valence-electron chi connectivity index (χ0n) is 25.6. The van der Waals surface area contributed by atoms with E-state index in [0.29, 0.717) is 45.3 Å². The molecule has 0 atom stereocenters. The summed E-state index contributed by atoms with van der Waals surface area (Å²) in [5.74, 6) is 0.890. The normalized spacial score (nSPS) is 10.9. The quantitative estimate of drug-likeness (QED) is 0.0686. The van der Waals surface area contributed by atoms with Crippen LogP contribution in [0.3, 0.4) is 0 Å². The Kier molecular flexibility index (Phi) is 9.77. The summed E-state index contributed by atoms with van der Waals surface area (Å²) in [7, 11) is 7.40. The van der Waals surface area contributed by atoms with Gasteiger partial charge in [0.05, 0.1) is 52.8 Å². The van der Waals surface area contributed by atoms with Crippen LogP contribution >= 0.6 is 15.9 Å². The first-order chi connectivity index (χ1) is 22.3. The van der Waals surface area contributed by atoms with Crippen LogP contribution in [0.1, 0.15) is 26.4 Å². The smallest absolute Gasteiger partial charge is 0.343 e. The van der Waals surface area contributed by atoms with Crippen molar-refractivity contribution >= 4 is 44.9 Å². The maximum atomic E-state index is 13.5. The molecule has 5 rings (SSSR count). The molecule has 0 bridgehead atoms. The third kappa shape index (κ3) is 6.33. The van der Waals surface area contributed by atoms with E-state index in [1.54, 1.807) is 25.3 Å². The van der Waals surface area contributed by atoms with Crippen LogP contribution in [-0.4, -0.2) is 58.6 Å². The second kappa shape index (κ2) is 14.1. The number of H-pyrrole nitrogens is 1. The molecule has 0 radical (unpaired) electrons. The fourth-order valence-electron chi connectivity index (χ4n) is 4.90. The molecule has 0 saturated carbocycles. The van der Waals surface area contributed by atoms with Gasteiger partial charge in [0.2, 0.25) is 5.75 Å². The lowest BCUT2D eigenvalue weighted by atomic mass is 10.0. The zero-order chi connectivity index (χ0) is 32.8. The van der Waals surface area contributed by atoms with Crippen LogP contribution < -0.4 is 33.8 Å². The molecule has 0 unspecified atom stereocenters. The van der Waals surface area contributed by atoms with E-state index >= 15 is 0 Å². The molecular formula is C34H30BrN3O8. The van der Waals surface area contributed by atoms with E-state index in [4.69, 9.17) is 28.4 Å². The minimum absolute atomic E-state index is 0.174. The average molecular weight is 689 g/mol. The molecule has 0 spiro atoms. The molecule has 46 heavy (non-hydrogen) atoms. The Morgan fingerprint density at radius 2 is 1.41 bits per heavy atom. The van der Waals surface area contributed by atoms with Gasteiger partial charge in [-0.1, -0.05) is 46.3 Å². The molecule has 11 nitrogen and oxygen atoms in total. The summed E-state index contributed by atoms with van der Waals surface area (Å²) >= 11 is 3.62. The minimum Gasteiger partial charge on any atom is -0.495 e. The van der Waals surface area contributed by atoms with Crippen molar-refractivity contribution < 1.29 is 38.0 Å². The SMILES string of the molecule is COc1cc(C=NNC(=O)c2[nH]c3c(OC)ccc(Br)c3c2-c2ccccc2)ccc1OC(=O)c1cc(OC)c(OC)c(OC)c1. The third-order valence-electron chi connectivity index (χ3n) is 7.05. The summed E-state index contributed by atoms with van der Waals surface area (Å²) in [6.45, 7) is 0. The zero-order valence-corrected chi connectivity index (χ0v) is 27.2. The molecule has 2 N–H and O–H groups in total. The minimum atomic E-state index is -0.665. The number of carbonyl (C=O) groups is 2. The molecule has 236 valence electrons. The number of hydrogen-bond acceptors (Lipinski definition) is 9. The van der Waals surface area contributed by atoms with Crippen LogP contribution in [0.15, 0.2) is 82.4 Å². The topological polar surface area (TPSA) is 130 Å². The van der Waals surface area contributed by atoms with Gasteiger partial charge in [-0.25, -0.2) is 10.2 Å². The predicted octanol–water partition coefficient (Wildman–Crippen LogP) is 6.62. The molecule has 1 heterocycles. The number of aromatic nitrogens is 1. The van der Waals surface area contributed by atoms with Gasteiger partial charge in [0, 0.05) is 15.4 Å². The van der Waals surface area contributed by atoms with Gasteiger partial charge in [-0.05, 0) is 53.6 Å². The number of halogens is 1. The Hall–Kier alpha value is -5.49. The molecule has 0 aliphatic heterocycles. The number of ether oxygens (including phenoxy) is 6. The highest BCUT2D eigenvalue weighted by molar-refractivity contribution is 9.10. The van der Waals surface area contributed by atoms with Crippen molar-refractivity contribution in [1.82, 2.24) is 10.4 Å². The van der Waals surface area contributed by atoms with Crippen LogP contribution in [0.25, 0.3) is 22.0 Å². The highest BCUT2D eigenvalue weighted by atomic mass is 79.9. The van der Waals surface area contributed by atoms with Crippen LogP contribution in [-0.2, 0) is 0 Å². The van der Waals surface area contributed by atoms with Crippen molar-refractivity contribution in [1.29, 1.82) is 0 Å². The van der Waals surface area contributed by atoms with E-state index in [2.05, 4.69) is 31.4 Å². The van der Waals surface area contributed by atoms with Crippen LogP contribution in [0.2, 0.25) is 0 Å². The molecule has 0 aliphatic carbocycles. The molecule has 0 aliphatic rings. The van der Waals surface area contributed by atoms with Gasteiger partial charge in [-0.2, -0.15) is 5.10 Å². The average Bonchev–Trinajstić information content (AvgIpc) is 3.50. The van der Waals surface area contributed by atoms with Gasteiger partial charge in [-0.15, -0.1) is 0 Å². The summed E-state index contributed by atoms with van der Waals surface area (Å²) in [5, 5.41) is 4.97. The Balaban J connectivity index is 1.37. The Labute approximate surface area is 273 Å². The first-order valence-corrected chi connectivity index (χ1v) is 14.6. The van der Waals surface area contributed by atoms with E-state index in [9.17, 15) is 9.59 Å². The van der Waals surface area contributed by atoms with Crippen molar-refractivity contribution in [3.05, 3.63) is 94.1 Å². The summed E-state index contributed by atoms with van der Waals surface area (Å²) in [5.41, 5.74) is 5.89. The first-order valence-electron chi connectivity index (χ1n) is 13.8. The van der Waals surface area contributed by atoms with E-state index in [0.717, 1.165) is 15.4 Å². The summed E-state index contributed by atoms with van der Waals surface area (Å²) in [6, 6.07) is 21.1. The number of esters is 1. The number of nitrogens with zero attached hydrogens (tertiary/aromatic N) is 1.